The lowest BCUT2D eigenvalue weighted by Crippen LogP contribution is -2.25. The monoisotopic (exact) mass is 298 g/mol. The van der Waals surface area contributed by atoms with Gasteiger partial charge in [-0.1, -0.05) is 48.6 Å². The largest absolute Gasteiger partial charge is 0.473 e. The highest BCUT2D eigenvalue weighted by Gasteiger charge is 2.23. The van der Waals surface area contributed by atoms with Gasteiger partial charge in [-0.25, -0.2) is 0 Å². The van der Waals surface area contributed by atoms with E-state index in [2.05, 4.69) is 34.2 Å². The second kappa shape index (κ2) is 7.18. The van der Waals surface area contributed by atoms with E-state index in [0.717, 1.165) is 26.1 Å². The maximum Gasteiger partial charge on any atom is 0.216 e. The van der Waals surface area contributed by atoms with Gasteiger partial charge >= 0.3 is 0 Å². The molecule has 1 saturated heterocycles. The van der Waals surface area contributed by atoms with Gasteiger partial charge in [0.2, 0.25) is 11.8 Å². The number of benzene rings is 1. The van der Waals surface area contributed by atoms with Crippen molar-refractivity contribution in [1.29, 1.82) is 0 Å². The molecule has 3 rings (SSSR count). The van der Waals surface area contributed by atoms with Crippen LogP contribution in [0.3, 0.4) is 0 Å². The minimum Gasteiger partial charge on any atom is -0.473 e. The molecular weight excluding hydrogens is 279 g/mol. The van der Waals surface area contributed by atoms with Gasteiger partial charge in [0.05, 0.1) is 0 Å². The Labute approximate surface area is 130 Å². The average Bonchev–Trinajstić information content (AvgIpc) is 2.96. The Bertz CT molecular complexity index is 630. The fourth-order valence-corrected chi connectivity index (χ4v) is 2.59. The molecule has 0 spiro atoms. The molecule has 3 nitrogen and oxygen atoms in total. The number of rotatable bonds is 5. The van der Waals surface area contributed by atoms with E-state index in [4.69, 9.17) is 4.74 Å². The second-order valence-electron chi connectivity index (χ2n) is 5.40. The molecule has 1 aliphatic heterocycles. The van der Waals surface area contributed by atoms with Gasteiger partial charge < -0.3 is 4.74 Å². The van der Waals surface area contributed by atoms with Crippen LogP contribution in [-0.4, -0.2) is 35.6 Å². The molecule has 1 fully saturated rings. The van der Waals surface area contributed by atoms with Crippen molar-refractivity contribution in [1.82, 2.24) is 9.88 Å². The summed E-state index contributed by atoms with van der Waals surface area (Å²) in [5, 5.41) is 0. The van der Waals surface area contributed by atoms with Gasteiger partial charge in [-0.2, -0.15) is 9.37 Å². The molecule has 0 bridgehead atoms. The molecule has 0 aliphatic carbocycles. The predicted octanol–water partition coefficient (Wildman–Crippen LogP) is 3.39. The molecule has 1 unspecified atom stereocenters. The summed E-state index contributed by atoms with van der Waals surface area (Å²) in [6.07, 6.45) is 5.32. The molecule has 1 aliphatic rings. The summed E-state index contributed by atoms with van der Waals surface area (Å²) in [7, 11) is 0. The summed E-state index contributed by atoms with van der Waals surface area (Å²) in [4.78, 5) is 6.06. The third-order valence-corrected chi connectivity index (χ3v) is 3.68. The average molecular weight is 298 g/mol. The molecule has 2 heterocycles. The van der Waals surface area contributed by atoms with Gasteiger partial charge in [-0.05, 0) is 18.1 Å². The quantitative estimate of drug-likeness (QED) is 0.791. The van der Waals surface area contributed by atoms with Crippen LogP contribution in [0.2, 0.25) is 0 Å². The summed E-state index contributed by atoms with van der Waals surface area (Å²) < 4.78 is 18.8. The van der Waals surface area contributed by atoms with Crippen molar-refractivity contribution in [3.8, 4) is 5.88 Å². The van der Waals surface area contributed by atoms with Crippen molar-refractivity contribution in [2.75, 3.05) is 19.6 Å². The molecule has 0 amide bonds. The van der Waals surface area contributed by atoms with Crippen LogP contribution >= 0.6 is 0 Å². The molecule has 4 heteroatoms. The fraction of sp³-hybridized carbons (Fsp3) is 0.278. The van der Waals surface area contributed by atoms with E-state index in [-0.39, 0.29) is 6.10 Å². The first kappa shape index (κ1) is 14.7. The van der Waals surface area contributed by atoms with E-state index in [1.807, 2.05) is 18.2 Å². The van der Waals surface area contributed by atoms with Crippen LogP contribution in [-0.2, 0) is 0 Å². The number of hydrogen-bond acceptors (Lipinski definition) is 3. The Morgan fingerprint density at radius 2 is 2.05 bits per heavy atom. The zero-order valence-corrected chi connectivity index (χ0v) is 12.4. The number of ether oxygens (including phenoxy) is 1. The molecule has 22 heavy (non-hydrogen) atoms. The third-order valence-electron chi connectivity index (χ3n) is 3.68. The first-order valence-corrected chi connectivity index (χ1v) is 7.53. The molecule has 0 N–H and O–H groups in total. The van der Waals surface area contributed by atoms with Crippen LogP contribution < -0.4 is 4.74 Å². The van der Waals surface area contributed by atoms with Gasteiger partial charge in [0.25, 0.3) is 0 Å². The molecule has 0 radical (unpaired) electrons. The SMILES string of the molecule is Fc1cccc(OC2CCN(C/C=C/c3ccccc3)C2)n1. The summed E-state index contributed by atoms with van der Waals surface area (Å²) in [6.45, 7) is 2.72. The first-order chi connectivity index (χ1) is 10.8. The van der Waals surface area contributed by atoms with E-state index < -0.39 is 5.95 Å². The van der Waals surface area contributed by atoms with Crippen molar-refractivity contribution in [2.24, 2.45) is 0 Å². The zero-order chi connectivity index (χ0) is 15.2. The highest BCUT2D eigenvalue weighted by atomic mass is 19.1. The Kier molecular flexibility index (Phi) is 4.81. The summed E-state index contributed by atoms with van der Waals surface area (Å²) in [5.41, 5.74) is 1.21. The second-order valence-corrected chi connectivity index (χ2v) is 5.40. The minimum absolute atomic E-state index is 0.0828. The Hall–Kier alpha value is -2.20. The zero-order valence-electron chi connectivity index (χ0n) is 12.4. The van der Waals surface area contributed by atoms with Gasteiger partial charge in [-0.15, -0.1) is 0 Å². The van der Waals surface area contributed by atoms with Crippen molar-refractivity contribution >= 4 is 6.08 Å². The number of pyridine rings is 1. The molecule has 1 aromatic carbocycles. The number of halogens is 1. The lowest BCUT2D eigenvalue weighted by atomic mass is 10.2. The van der Waals surface area contributed by atoms with Crippen molar-refractivity contribution in [3.63, 3.8) is 0 Å². The van der Waals surface area contributed by atoms with Gasteiger partial charge in [-0.3, -0.25) is 4.90 Å². The van der Waals surface area contributed by atoms with E-state index in [1.54, 1.807) is 12.1 Å². The number of nitrogens with zero attached hydrogens (tertiary/aromatic N) is 2. The smallest absolute Gasteiger partial charge is 0.216 e. The van der Waals surface area contributed by atoms with Crippen LogP contribution in [0.4, 0.5) is 4.39 Å². The highest BCUT2D eigenvalue weighted by molar-refractivity contribution is 5.48. The molecule has 114 valence electrons. The van der Waals surface area contributed by atoms with Gasteiger partial charge in [0.1, 0.15) is 6.10 Å². The Morgan fingerprint density at radius 3 is 2.86 bits per heavy atom. The number of hydrogen-bond donors (Lipinski definition) is 0. The molecule has 2 aromatic rings. The molecule has 1 aromatic heterocycles. The molecule has 1 atom stereocenters. The van der Waals surface area contributed by atoms with Crippen molar-refractivity contribution in [3.05, 3.63) is 66.1 Å². The summed E-state index contributed by atoms with van der Waals surface area (Å²) in [5.74, 6) is -0.134. The van der Waals surface area contributed by atoms with Crippen LogP contribution in [0.5, 0.6) is 5.88 Å². The maximum atomic E-state index is 13.0. The first-order valence-electron chi connectivity index (χ1n) is 7.53. The standard InChI is InChI=1S/C18H19FN2O/c19-17-9-4-10-18(20-17)22-16-11-13-21(14-16)12-5-8-15-6-2-1-3-7-15/h1-10,16H,11-14H2/b8-5+. The van der Waals surface area contributed by atoms with E-state index in [1.165, 1.54) is 11.6 Å². The van der Waals surface area contributed by atoms with Crippen molar-refractivity contribution < 1.29 is 9.13 Å². The van der Waals surface area contributed by atoms with Gasteiger partial charge in [0.15, 0.2) is 0 Å². The van der Waals surface area contributed by atoms with Crippen LogP contribution in [0, 0.1) is 5.95 Å². The Balaban J connectivity index is 1.47. The number of likely N-dealkylation sites (tertiary alicyclic amines) is 1. The topological polar surface area (TPSA) is 25.4 Å². The normalized spacial score (nSPS) is 18.9. The van der Waals surface area contributed by atoms with Crippen LogP contribution in [0.15, 0.2) is 54.6 Å². The van der Waals surface area contributed by atoms with E-state index in [9.17, 15) is 4.39 Å². The maximum absolute atomic E-state index is 13.0. The predicted molar refractivity (Wildman–Crippen MR) is 85.1 cm³/mol. The summed E-state index contributed by atoms with van der Waals surface area (Å²) in [6, 6.07) is 14.9. The van der Waals surface area contributed by atoms with Crippen LogP contribution in [0.1, 0.15) is 12.0 Å². The lowest BCUT2D eigenvalue weighted by Gasteiger charge is -2.14. The van der Waals surface area contributed by atoms with E-state index in [0.29, 0.717) is 5.88 Å². The number of aromatic nitrogens is 1. The molecule has 0 saturated carbocycles. The third kappa shape index (κ3) is 4.15. The lowest BCUT2D eigenvalue weighted by molar-refractivity contribution is 0.194. The minimum atomic E-state index is -0.502. The van der Waals surface area contributed by atoms with Gasteiger partial charge in [0, 0.05) is 25.7 Å². The highest BCUT2D eigenvalue weighted by Crippen LogP contribution is 2.16. The fourth-order valence-electron chi connectivity index (χ4n) is 2.59. The Morgan fingerprint density at radius 1 is 1.18 bits per heavy atom. The summed E-state index contributed by atoms with van der Waals surface area (Å²) >= 11 is 0. The van der Waals surface area contributed by atoms with E-state index >= 15 is 0 Å². The van der Waals surface area contributed by atoms with Crippen molar-refractivity contribution in [2.45, 2.75) is 12.5 Å². The van der Waals surface area contributed by atoms with Crippen LogP contribution in [0.25, 0.3) is 6.08 Å². The molecular formula is C18H19FN2O.